The van der Waals surface area contributed by atoms with E-state index in [9.17, 15) is 0 Å². The van der Waals surface area contributed by atoms with Gasteiger partial charge >= 0.3 is 0 Å². The van der Waals surface area contributed by atoms with Crippen molar-refractivity contribution in [3.63, 3.8) is 0 Å². The van der Waals surface area contributed by atoms with Crippen molar-refractivity contribution in [1.82, 2.24) is 19.9 Å². The molecule has 5 heteroatoms. The van der Waals surface area contributed by atoms with Crippen molar-refractivity contribution < 1.29 is 0 Å². The summed E-state index contributed by atoms with van der Waals surface area (Å²) < 4.78 is 0. The van der Waals surface area contributed by atoms with Gasteiger partial charge in [0.25, 0.3) is 0 Å². The van der Waals surface area contributed by atoms with E-state index in [1.807, 2.05) is 0 Å². The van der Waals surface area contributed by atoms with Gasteiger partial charge in [0, 0.05) is 12.4 Å². The number of hydrogen-bond acceptors (Lipinski definition) is 4. The van der Waals surface area contributed by atoms with Crippen LogP contribution in [0.25, 0.3) is 11.4 Å². The Kier molecular flexibility index (Phi) is 3.82. The number of nitrogens with two attached hydrogens (primary N) is 1. The number of nitrogens with zero attached hydrogens (tertiary/aromatic N) is 3. The zero-order valence-electron chi connectivity index (χ0n) is 9.93. The van der Waals surface area contributed by atoms with Crippen LogP contribution < -0.4 is 5.73 Å². The van der Waals surface area contributed by atoms with Crippen LogP contribution in [0.2, 0.25) is 0 Å². The molecule has 0 aromatic carbocycles. The lowest BCUT2D eigenvalue weighted by molar-refractivity contribution is 0.580. The van der Waals surface area contributed by atoms with Gasteiger partial charge in [-0.05, 0) is 6.42 Å². The maximum Gasteiger partial charge on any atom is 0.123 e. The van der Waals surface area contributed by atoms with E-state index in [1.165, 1.54) is 0 Å². The molecule has 0 aliphatic rings. The van der Waals surface area contributed by atoms with Crippen molar-refractivity contribution in [2.45, 2.75) is 32.2 Å². The molecule has 5 nitrogen and oxygen atoms in total. The standard InChI is InChI=1S/C12H17N5/c1-2-3-4-9(13)12-16-8-11(17-12)10-7-14-5-6-15-10/h5-9H,2-4,13H2,1H3,(H,16,17). The summed E-state index contributed by atoms with van der Waals surface area (Å²) in [6.45, 7) is 2.15. The minimum atomic E-state index is -0.0274. The first-order valence-electron chi connectivity index (χ1n) is 5.88. The lowest BCUT2D eigenvalue weighted by atomic mass is 10.1. The maximum atomic E-state index is 6.04. The summed E-state index contributed by atoms with van der Waals surface area (Å²) in [5.74, 6) is 0.819. The van der Waals surface area contributed by atoms with Gasteiger partial charge in [0.05, 0.1) is 24.1 Å². The SMILES string of the molecule is CCCCC(N)c1ncc(-c2cnccn2)[nH]1. The van der Waals surface area contributed by atoms with Crippen molar-refractivity contribution in [2.75, 3.05) is 0 Å². The van der Waals surface area contributed by atoms with Gasteiger partial charge < -0.3 is 10.7 Å². The first-order chi connectivity index (χ1) is 8.31. The highest BCUT2D eigenvalue weighted by Crippen LogP contribution is 2.18. The summed E-state index contributed by atoms with van der Waals surface area (Å²) in [7, 11) is 0. The molecule has 1 unspecified atom stereocenters. The van der Waals surface area contributed by atoms with Crippen LogP contribution in [0.4, 0.5) is 0 Å². The molecule has 2 aromatic heterocycles. The fraction of sp³-hybridized carbons (Fsp3) is 0.417. The van der Waals surface area contributed by atoms with Crippen LogP contribution >= 0.6 is 0 Å². The molecule has 0 spiro atoms. The second-order valence-corrected chi connectivity index (χ2v) is 4.02. The van der Waals surface area contributed by atoms with E-state index >= 15 is 0 Å². The van der Waals surface area contributed by atoms with E-state index in [0.717, 1.165) is 36.5 Å². The first-order valence-corrected chi connectivity index (χ1v) is 5.88. The Hall–Kier alpha value is -1.75. The minimum absolute atomic E-state index is 0.0274. The normalized spacial score (nSPS) is 12.6. The predicted molar refractivity (Wildman–Crippen MR) is 66.1 cm³/mol. The van der Waals surface area contributed by atoms with E-state index in [-0.39, 0.29) is 6.04 Å². The molecule has 3 N–H and O–H groups in total. The Morgan fingerprint density at radius 3 is 2.88 bits per heavy atom. The van der Waals surface area contributed by atoms with Crippen LogP contribution in [-0.2, 0) is 0 Å². The number of rotatable bonds is 5. The summed E-state index contributed by atoms with van der Waals surface area (Å²) in [6, 6.07) is -0.0274. The summed E-state index contributed by atoms with van der Waals surface area (Å²) in [5.41, 5.74) is 7.69. The van der Waals surface area contributed by atoms with Crippen molar-refractivity contribution in [1.29, 1.82) is 0 Å². The van der Waals surface area contributed by atoms with Gasteiger partial charge in [-0.25, -0.2) is 4.98 Å². The molecule has 0 aliphatic carbocycles. The monoisotopic (exact) mass is 231 g/mol. The summed E-state index contributed by atoms with van der Waals surface area (Å²) in [4.78, 5) is 15.7. The number of unbranched alkanes of at least 4 members (excludes halogenated alkanes) is 1. The maximum absolute atomic E-state index is 6.04. The average Bonchev–Trinajstić information content (AvgIpc) is 2.86. The van der Waals surface area contributed by atoms with Crippen molar-refractivity contribution >= 4 is 0 Å². The highest BCUT2D eigenvalue weighted by Gasteiger charge is 2.10. The van der Waals surface area contributed by atoms with Gasteiger partial charge in [0.2, 0.25) is 0 Å². The number of H-pyrrole nitrogens is 1. The fourth-order valence-electron chi connectivity index (χ4n) is 1.65. The molecule has 90 valence electrons. The molecule has 0 saturated carbocycles. The molecule has 0 bridgehead atoms. The highest BCUT2D eigenvalue weighted by atomic mass is 15.0. The molecule has 1 atom stereocenters. The van der Waals surface area contributed by atoms with Crippen LogP contribution in [0.15, 0.2) is 24.8 Å². The van der Waals surface area contributed by atoms with Crippen LogP contribution in [0.5, 0.6) is 0 Å². The van der Waals surface area contributed by atoms with E-state index in [2.05, 4.69) is 26.9 Å². The number of aromatic amines is 1. The average molecular weight is 231 g/mol. The quantitative estimate of drug-likeness (QED) is 0.825. The molecule has 0 radical (unpaired) electrons. The number of nitrogens with one attached hydrogen (secondary N) is 1. The van der Waals surface area contributed by atoms with E-state index in [0.29, 0.717) is 0 Å². The van der Waals surface area contributed by atoms with Gasteiger partial charge in [-0.3, -0.25) is 9.97 Å². The molecule has 0 fully saturated rings. The van der Waals surface area contributed by atoms with Gasteiger partial charge in [-0.1, -0.05) is 19.8 Å². The molecule has 17 heavy (non-hydrogen) atoms. The van der Waals surface area contributed by atoms with Gasteiger partial charge in [0.1, 0.15) is 11.5 Å². The Bertz CT molecular complexity index is 451. The van der Waals surface area contributed by atoms with Crippen LogP contribution in [0.3, 0.4) is 0 Å². The second kappa shape index (κ2) is 5.54. The third-order valence-electron chi connectivity index (χ3n) is 2.65. The number of imidazole rings is 1. The van der Waals surface area contributed by atoms with Crippen molar-refractivity contribution in [2.24, 2.45) is 5.73 Å². The molecule has 2 rings (SSSR count). The van der Waals surface area contributed by atoms with Crippen molar-refractivity contribution in [3.8, 4) is 11.4 Å². The third kappa shape index (κ3) is 2.88. The summed E-state index contributed by atoms with van der Waals surface area (Å²) in [6.07, 6.45) is 9.97. The van der Waals surface area contributed by atoms with E-state index < -0.39 is 0 Å². The zero-order valence-corrected chi connectivity index (χ0v) is 9.93. The zero-order chi connectivity index (χ0) is 12.1. The van der Waals surface area contributed by atoms with Crippen LogP contribution in [0, 0.1) is 0 Å². The molecular weight excluding hydrogens is 214 g/mol. The Morgan fingerprint density at radius 1 is 1.29 bits per heavy atom. The van der Waals surface area contributed by atoms with E-state index in [4.69, 9.17) is 5.73 Å². The first kappa shape index (κ1) is 11.7. The van der Waals surface area contributed by atoms with Crippen molar-refractivity contribution in [3.05, 3.63) is 30.6 Å². The third-order valence-corrected chi connectivity index (χ3v) is 2.65. The van der Waals surface area contributed by atoms with Gasteiger partial charge in [0.15, 0.2) is 0 Å². The summed E-state index contributed by atoms with van der Waals surface area (Å²) in [5, 5.41) is 0. The Morgan fingerprint density at radius 2 is 2.18 bits per heavy atom. The summed E-state index contributed by atoms with van der Waals surface area (Å²) >= 11 is 0. The van der Waals surface area contributed by atoms with E-state index in [1.54, 1.807) is 24.8 Å². The number of aromatic nitrogens is 4. The van der Waals surface area contributed by atoms with Crippen LogP contribution in [-0.4, -0.2) is 19.9 Å². The number of hydrogen-bond donors (Lipinski definition) is 2. The molecule has 2 aromatic rings. The lowest BCUT2D eigenvalue weighted by Crippen LogP contribution is -2.11. The highest BCUT2D eigenvalue weighted by molar-refractivity contribution is 5.51. The molecular formula is C12H17N5. The van der Waals surface area contributed by atoms with Crippen LogP contribution in [0.1, 0.15) is 38.1 Å². The Labute approximate surface area is 101 Å². The fourth-order valence-corrected chi connectivity index (χ4v) is 1.65. The smallest absolute Gasteiger partial charge is 0.123 e. The predicted octanol–water partition coefficient (Wildman–Crippen LogP) is 2.06. The largest absolute Gasteiger partial charge is 0.339 e. The van der Waals surface area contributed by atoms with Gasteiger partial charge in [-0.2, -0.15) is 0 Å². The lowest BCUT2D eigenvalue weighted by Gasteiger charge is -2.06. The second-order valence-electron chi connectivity index (χ2n) is 4.02. The minimum Gasteiger partial charge on any atom is -0.339 e. The molecule has 2 heterocycles. The molecule has 0 saturated heterocycles. The topological polar surface area (TPSA) is 80.5 Å². The molecule has 0 aliphatic heterocycles. The van der Waals surface area contributed by atoms with Gasteiger partial charge in [-0.15, -0.1) is 0 Å². The molecule has 0 amide bonds. The Balaban J connectivity index is 2.11.